The van der Waals surface area contributed by atoms with Crippen molar-refractivity contribution in [3.63, 3.8) is 0 Å². The van der Waals surface area contributed by atoms with Crippen LogP contribution < -0.4 is 10.6 Å². The molecule has 6 nitrogen and oxygen atoms in total. The van der Waals surface area contributed by atoms with Crippen LogP contribution in [0.1, 0.15) is 23.8 Å². The lowest BCUT2D eigenvalue weighted by atomic mass is 10.3. The first-order valence-corrected chi connectivity index (χ1v) is 5.84. The summed E-state index contributed by atoms with van der Waals surface area (Å²) < 4.78 is 4.62. The van der Waals surface area contributed by atoms with Crippen LogP contribution in [0.3, 0.4) is 0 Å². The Morgan fingerprint density at radius 1 is 1.56 bits per heavy atom. The third kappa shape index (κ3) is 3.33. The first kappa shape index (κ1) is 14.2. The average Bonchev–Trinajstić information content (AvgIpc) is 2.40. The van der Waals surface area contributed by atoms with E-state index in [9.17, 15) is 4.79 Å². The molecule has 0 aliphatic rings. The number of nitrogens with two attached hydrogens (primary N) is 1. The maximum absolute atomic E-state index is 11.4. The van der Waals surface area contributed by atoms with Gasteiger partial charge in [0.25, 0.3) is 0 Å². The molecule has 18 heavy (non-hydrogen) atoms. The lowest BCUT2D eigenvalue weighted by Gasteiger charge is -2.23. The van der Waals surface area contributed by atoms with Gasteiger partial charge in [-0.15, -0.1) is 0 Å². The highest BCUT2D eigenvalue weighted by Crippen LogP contribution is 2.21. The number of carbonyl (C=O) groups excluding carboxylic acids is 1. The minimum absolute atomic E-state index is 0.104. The number of aliphatic hydroxyl groups is 1. The van der Waals surface area contributed by atoms with E-state index in [-0.39, 0.29) is 12.3 Å². The molecule has 0 saturated heterocycles. The summed E-state index contributed by atoms with van der Waals surface area (Å²) in [6.45, 7) is 3.40. The molecule has 100 valence electrons. The average molecular weight is 253 g/mol. The molecule has 0 saturated carbocycles. The van der Waals surface area contributed by atoms with Crippen molar-refractivity contribution in [3.05, 3.63) is 17.8 Å². The third-order valence-electron chi connectivity index (χ3n) is 2.57. The monoisotopic (exact) mass is 253 g/mol. The number of hydrogen-bond acceptors (Lipinski definition) is 6. The highest BCUT2D eigenvalue weighted by Gasteiger charge is 2.14. The molecule has 0 bridgehead atoms. The lowest BCUT2D eigenvalue weighted by molar-refractivity contribution is 0.0594. The number of anilines is 2. The first-order chi connectivity index (χ1) is 8.63. The fourth-order valence-corrected chi connectivity index (χ4v) is 1.61. The van der Waals surface area contributed by atoms with Crippen LogP contribution in [-0.2, 0) is 4.74 Å². The summed E-state index contributed by atoms with van der Waals surface area (Å²) >= 11 is 0. The first-order valence-electron chi connectivity index (χ1n) is 5.84. The van der Waals surface area contributed by atoms with Crippen LogP contribution in [0.2, 0.25) is 0 Å². The van der Waals surface area contributed by atoms with Gasteiger partial charge in [0, 0.05) is 19.7 Å². The Balaban J connectivity index is 3.00. The molecule has 1 aromatic rings. The molecule has 0 fully saturated rings. The Kier molecular flexibility index (Phi) is 5.38. The van der Waals surface area contributed by atoms with Gasteiger partial charge >= 0.3 is 5.97 Å². The van der Waals surface area contributed by atoms with Crippen molar-refractivity contribution in [1.82, 2.24) is 4.98 Å². The van der Waals surface area contributed by atoms with Gasteiger partial charge in [0.2, 0.25) is 0 Å². The summed E-state index contributed by atoms with van der Waals surface area (Å²) in [7, 11) is 1.31. The smallest absolute Gasteiger partial charge is 0.356 e. The summed E-state index contributed by atoms with van der Waals surface area (Å²) in [6.07, 6.45) is 0.622. The predicted octanol–water partition coefficient (Wildman–Crippen LogP) is 0.659. The molecule has 1 rings (SSSR count). The van der Waals surface area contributed by atoms with Crippen LogP contribution in [0.4, 0.5) is 11.5 Å². The SMILES string of the molecule is CCN(CCCO)c1nc(C(=O)OC)ccc1N. The fourth-order valence-electron chi connectivity index (χ4n) is 1.61. The number of carbonyl (C=O) groups is 1. The second-order valence-electron chi connectivity index (χ2n) is 3.76. The molecule has 0 aliphatic carbocycles. The Morgan fingerprint density at radius 3 is 2.83 bits per heavy atom. The minimum Gasteiger partial charge on any atom is -0.464 e. The van der Waals surface area contributed by atoms with Gasteiger partial charge in [-0.05, 0) is 25.5 Å². The summed E-state index contributed by atoms with van der Waals surface area (Å²) in [6, 6.07) is 3.17. The van der Waals surface area contributed by atoms with Gasteiger partial charge in [0.15, 0.2) is 11.5 Å². The van der Waals surface area contributed by atoms with Gasteiger partial charge in [-0.1, -0.05) is 0 Å². The van der Waals surface area contributed by atoms with E-state index < -0.39 is 5.97 Å². The molecular formula is C12H19N3O3. The molecule has 0 atom stereocenters. The number of nitrogens with zero attached hydrogens (tertiary/aromatic N) is 2. The van der Waals surface area contributed by atoms with Gasteiger partial charge in [0.05, 0.1) is 12.8 Å². The number of aliphatic hydroxyl groups excluding tert-OH is 1. The quantitative estimate of drug-likeness (QED) is 0.724. The van der Waals surface area contributed by atoms with Crippen LogP contribution in [0.25, 0.3) is 0 Å². The van der Waals surface area contributed by atoms with Crippen molar-refractivity contribution in [1.29, 1.82) is 0 Å². The van der Waals surface area contributed by atoms with Crippen LogP contribution in [-0.4, -0.2) is 42.9 Å². The van der Waals surface area contributed by atoms with E-state index in [1.54, 1.807) is 6.07 Å². The molecule has 0 unspecified atom stereocenters. The highest BCUT2D eigenvalue weighted by molar-refractivity contribution is 5.88. The normalized spacial score (nSPS) is 10.2. The molecule has 0 amide bonds. The number of methoxy groups -OCH3 is 1. The second kappa shape index (κ2) is 6.80. The number of pyridine rings is 1. The van der Waals surface area contributed by atoms with Gasteiger partial charge in [0.1, 0.15) is 0 Å². The third-order valence-corrected chi connectivity index (χ3v) is 2.57. The number of rotatable bonds is 6. The van der Waals surface area contributed by atoms with Crippen molar-refractivity contribution in [2.24, 2.45) is 0 Å². The van der Waals surface area contributed by atoms with E-state index in [0.29, 0.717) is 31.0 Å². The number of aromatic nitrogens is 1. The van der Waals surface area contributed by atoms with E-state index in [4.69, 9.17) is 10.8 Å². The van der Waals surface area contributed by atoms with E-state index in [1.807, 2.05) is 11.8 Å². The summed E-state index contributed by atoms with van der Waals surface area (Å²) in [5.41, 5.74) is 6.59. The molecule has 0 spiro atoms. The van der Waals surface area contributed by atoms with Crippen molar-refractivity contribution in [2.75, 3.05) is 37.4 Å². The molecule has 3 N–H and O–H groups in total. The van der Waals surface area contributed by atoms with Gasteiger partial charge in [-0.25, -0.2) is 9.78 Å². The summed E-state index contributed by atoms with van der Waals surface area (Å²) in [4.78, 5) is 17.5. The van der Waals surface area contributed by atoms with Crippen molar-refractivity contribution < 1.29 is 14.6 Å². The lowest BCUT2D eigenvalue weighted by Crippen LogP contribution is -2.27. The Bertz CT molecular complexity index is 410. The molecule has 6 heteroatoms. The maximum Gasteiger partial charge on any atom is 0.356 e. The zero-order valence-electron chi connectivity index (χ0n) is 10.7. The number of esters is 1. The molecule has 0 aromatic carbocycles. The standard InChI is InChI=1S/C12H19N3O3/c1-3-15(7-4-8-16)11-9(13)5-6-10(14-11)12(17)18-2/h5-6,16H,3-4,7-8,13H2,1-2H3. The Labute approximate surface area is 106 Å². The maximum atomic E-state index is 11.4. The minimum atomic E-state index is -0.491. The molecule has 0 aliphatic heterocycles. The molecule has 0 radical (unpaired) electrons. The highest BCUT2D eigenvalue weighted by atomic mass is 16.5. The van der Waals surface area contributed by atoms with E-state index in [0.717, 1.165) is 0 Å². The van der Waals surface area contributed by atoms with Gasteiger partial charge in [-0.3, -0.25) is 0 Å². The number of ether oxygens (including phenoxy) is 1. The van der Waals surface area contributed by atoms with E-state index in [1.165, 1.54) is 13.2 Å². The summed E-state index contributed by atoms with van der Waals surface area (Å²) in [5.74, 6) is 0.0586. The van der Waals surface area contributed by atoms with Crippen molar-refractivity contribution in [2.45, 2.75) is 13.3 Å². The van der Waals surface area contributed by atoms with Gasteiger partial charge < -0.3 is 20.5 Å². The predicted molar refractivity (Wildman–Crippen MR) is 69.6 cm³/mol. The zero-order valence-corrected chi connectivity index (χ0v) is 10.7. The largest absolute Gasteiger partial charge is 0.464 e. The summed E-state index contributed by atoms with van der Waals surface area (Å²) in [5, 5.41) is 8.86. The fraction of sp³-hybridized carbons (Fsp3) is 0.500. The van der Waals surface area contributed by atoms with Crippen molar-refractivity contribution >= 4 is 17.5 Å². The van der Waals surface area contributed by atoms with Crippen LogP contribution in [0.15, 0.2) is 12.1 Å². The number of hydrogen-bond donors (Lipinski definition) is 2. The topological polar surface area (TPSA) is 88.7 Å². The number of nitrogen functional groups attached to an aromatic ring is 1. The Morgan fingerprint density at radius 2 is 2.28 bits per heavy atom. The van der Waals surface area contributed by atoms with Crippen molar-refractivity contribution in [3.8, 4) is 0 Å². The molecule has 1 heterocycles. The molecule has 1 aromatic heterocycles. The van der Waals surface area contributed by atoms with Gasteiger partial charge in [-0.2, -0.15) is 0 Å². The van der Waals surface area contributed by atoms with Crippen LogP contribution in [0, 0.1) is 0 Å². The Hall–Kier alpha value is -1.82. The van der Waals surface area contributed by atoms with Crippen LogP contribution >= 0.6 is 0 Å². The van der Waals surface area contributed by atoms with E-state index in [2.05, 4.69) is 9.72 Å². The van der Waals surface area contributed by atoms with E-state index >= 15 is 0 Å². The van der Waals surface area contributed by atoms with Crippen LogP contribution in [0.5, 0.6) is 0 Å². The second-order valence-corrected chi connectivity index (χ2v) is 3.76. The molecular weight excluding hydrogens is 234 g/mol. The zero-order chi connectivity index (χ0) is 13.5.